The van der Waals surface area contributed by atoms with Crippen molar-refractivity contribution in [2.75, 3.05) is 0 Å². The maximum absolute atomic E-state index is 11.5. The van der Waals surface area contributed by atoms with Crippen LogP contribution in [0.3, 0.4) is 0 Å². The van der Waals surface area contributed by atoms with Crippen molar-refractivity contribution in [1.29, 1.82) is 0 Å². The second kappa shape index (κ2) is 2.69. The number of aromatic amines is 1. The van der Waals surface area contributed by atoms with Crippen LogP contribution in [0, 0.1) is 13.8 Å². The molecule has 0 amide bonds. The lowest BCUT2D eigenvalue weighted by molar-refractivity contribution is 1.20. The highest BCUT2D eigenvalue weighted by Crippen LogP contribution is 2.09. The lowest BCUT2D eigenvalue weighted by atomic mass is 10.2. The summed E-state index contributed by atoms with van der Waals surface area (Å²) in [5.41, 5.74) is 3.26. The smallest absolute Gasteiger partial charge is 0.208 e. The molecule has 3 heteroatoms. The minimum atomic E-state index is -0.0186. The number of H-pyrrole nitrogens is 1. The zero-order valence-corrected chi connectivity index (χ0v) is 7.59. The molecule has 1 N–H and O–H groups in total. The van der Waals surface area contributed by atoms with Crippen molar-refractivity contribution in [3.05, 3.63) is 39.8 Å². The van der Waals surface area contributed by atoms with E-state index in [0.717, 1.165) is 16.8 Å². The molecule has 0 saturated carbocycles. The van der Waals surface area contributed by atoms with Crippen LogP contribution in [0.1, 0.15) is 11.3 Å². The summed E-state index contributed by atoms with van der Waals surface area (Å²) in [5, 5.41) is 0. The van der Waals surface area contributed by atoms with Gasteiger partial charge in [-0.1, -0.05) is 0 Å². The number of hydrogen-bond donors (Lipinski definition) is 1. The summed E-state index contributed by atoms with van der Waals surface area (Å²) in [6.45, 7) is 3.83. The third kappa shape index (κ3) is 1.22. The maximum atomic E-state index is 11.5. The molecule has 0 fully saturated rings. The molecule has 66 valence electrons. The number of pyridine rings is 2. The van der Waals surface area contributed by atoms with Crippen LogP contribution in [0.15, 0.2) is 23.1 Å². The van der Waals surface area contributed by atoms with Crippen molar-refractivity contribution < 1.29 is 0 Å². The van der Waals surface area contributed by atoms with Crippen molar-refractivity contribution in [3.63, 3.8) is 0 Å². The zero-order chi connectivity index (χ0) is 9.42. The third-order valence-electron chi connectivity index (χ3n) is 2.06. The first-order valence-electron chi connectivity index (χ1n) is 4.14. The van der Waals surface area contributed by atoms with Gasteiger partial charge in [0.1, 0.15) is 5.52 Å². The van der Waals surface area contributed by atoms with E-state index in [0.29, 0.717) is 5.52 Å². The van der Waals surface area contributed by atoms with Gasteiger partial charge in [0.25, 0.3) is 0 Å². The molecule has 0 aliphatic carbocycles. The number of nitrogens with one attached hydrogen (secondary N) is 1. The van der Waals surface area contributed by atoms with Gasteiger partial charge in [-0.3, -0.25) is 9.78 Å². The second-order valence-corrected chi connectivity index (χ2v) is 3.17. The summed E-state index contributed by atoms with van der Waals surface area (Å²) < 4.78 is 0. The number of rotatable bonds is 0. The van der Waals surface area contributed by atoms with Crippen molar-refractivity contribution in [3.8, 4) is 0 Å². The van der Waals surface area contributed by atoms with E-state index in [4.69, 9.17) is 0 Å². The SMILES string of the molecule is Cc1cc(=O)c2nccc(C)c2[nH]1. The molecule has 0 spiro atoms. The Morgan fingerprint density at radius 1 is 1.38 bits per heavy atom. The van der Waals surface area contributed by atoms with Crippen molar-refractivity contribution >= 4 is 11.0 Å². The Morgan fingerprint density at radius 3 is 2.92 bits per heavy atom. The molecular weight excluding hydrogens is 164 g/mol. The van der Waals surface area contributed by atoms with E-state index in [-0.39, 0.29) is 5.43 Å². The lowest BCUT2D eigenvalue weighted by Gasteiger charge is -2.01. The number of aromatic nitrogens is 2. The normalized spacial score (nSPS) is 10.6. The van der Waals surface area contributed by atoms with E-state index in [1.807, 2.05) is 19.9 Å². The van der Waals surface area contributed by atoms with Crippen LogP contribution in [-0.4, -0.2) is 9.97 Å². The summed E-state index contributed by atoms with van der Waals surface area (Å²) in [6.07, 6.45) is 1.65. The van der Waals surface area contributed by atoms with Gasteiger partial charge in [-0.25, -0.2) is 0 Å². The molecule has 2 heterocycles. The first-order valence-corrected chi connectivity index (χ1v) is 4.14. The highest BCUT2D eigenvalue weighted by Gasteiger charge is 2.02. The average molecular weight is 174 g/mol. The van der Waals surface area contributed by atoms with Gasteiger partial charge in [0, 0.05) is 18.0 Å². The fourth-order valence-electron chi connectivity index (χ4n) is 1.40. The molecule has 3 nitrogen and oxygen atoms in total. The first-order chi connectivity index (χ1) is 6.18. The standard InChI is InChI=1S/C10H10N2O/c1-6-3-4-11-10-8(13)5-7(2)12-9(6)10/h3-5H,1-2H3,(H,12,13). The average Bonchev–Trinajstić information content (AvgIpc) is 2.07. The molecule has 0 unspecified atom stereocenters. The Balaban J connectivity index is 3.03. The molecule has 2 aromatic rings. The zero-order valence-electron chi connectivity index (χ0n) is 7.59. The quantitative estimate of drug-likeness (QED) is 0.658. The summed E-state index contributed by atoms with van der Waals surface area (Å²) in [6, 6.07) is 3.45. The summed E-state index contributed by atoms with van der Waals surface area (Å²) in [7, 11) is 0. The van der Waals surface area contributed by atoms with Crippen LogP contribution in [0.5, 0.6) is 0 Å². The van der Waals surface area contributed by atoms with Gasteiger partial charge in [0.2, 0.25) is 5.43 Å². The predicted molar refractivity (Wildman–Crippen MR) is 51.8 cm³/mol. The van der Waals surface area contributed by atoms with Gasteiger partial charge in [-0.2, -0.15) is 0 Å². The van der Waals surface area contributed by atoms with Crippen LogP contribution >= 0.6 is 0 Å². The highest BCUT2D eigenvalue weighted by atomic mass is 16.1. The Kier molecular flexibility index (Phi) is 1.65. The lowest BCUT2D eigenvalue weighted by Crippen LogP contribution is -2.05. The number of fused-ring (bicyclic) bond motifs is 1. The van der Waals surface area contributed by atoms with Crippen LogP contribution < -0.4 is 5.43 Å². The molecule has 2 rings (SSSR count). The molecule has 0 atom stereocenters. The van der Waals surface area contributed by atoms with Gasteiger partial charge in [-0.15, -0.1) is 0 Å². The Bertz CT molecular complexity index is 514. The highest BCUT2D eigenvalue weighted by molar-refractivity contribution is 5.77. The van der Waals surface area contributed by atoms with Gasteiger partial charge in [0.15, 0.2) is 0 Å². The number of hydrogen-bond acceptors (Lipinski definition) is 2. The molecule has 0 bridgehead atoms. The Labute approximate surface area is 75.4 Å². The Morgan fingerprint density at radius 2 is 2.15 bits per heavy atom. The molecule has 0 aromatic carbocycles. The van der Waals surface area contributed by atoms with Crippen LogP contribution in [0.2, 0.25) is 0 Å². The van der Waals surface area contributed by atoms with Gasteiger partial charge >= 0.3 is 0 Å². The second-order valence-electron chi connectivity index (χ2n) is 3.17. The fourth-order valence-corrected chi connectivity index (χ4v) is 1.40. The first kappa shape index (κ1) is 7.98. The van der Waals surface area contributed by atoms with Gasteiger partial charge in [-0.05, 0) is 25.5 Å². The van der Waals surface area contributed by atoms with E-state index in [9.17, 15) is 4.79 Å². The molecule has 0 saturated heterocycles. The van der Waals surface area contributed by atoms with Crippen LogP contribution in [0.4, 0.5) is 0 Å². The number of aryl methyl sites for hydroxylation is 2. The summed E-state index contributed by atoms with van der Waals surface area (Å²) in [4.78, 5) is 18.6. The minimum absolute atomic E-state index is 0.0186. The topological polar surface area (TPSA) is 45.8 Å². The van der Waals surface area contributed by atoms with Gasteiger partial charge < -0.3 is 4.98 Å². The third-order valence-corrected chi connectivity index (χ3v) is 2.06. The van der Waals surface area contributed by atoms with E-state index in [2.05, 4.69) is 9.97 Å². The molecule has 0 aliphatic heterocycles. The summed E-state index contributed by atoms with van der Waals surface area (Å²) >= 11 is 0. The van der Waals surface area contributed by atoms with E-state index in [1.54, 1.807) is 12.3 Å². The molecule has 13 heavy (non-hydrogen) atoms. The molecule has 0 radical (unpaired) electrons. The summed E-state index contributed by atoms with van der Waals surface area (Å²) in [5.74, 6) is 0. The maximum Gasteiger partial charge on any atom is 0.208 e. The van der Waals surface area contributed by atoms with Crippen LogP contribution in [0.25, 0.3) is 11.0 Å². The number of nitrogens with zero attached hydrogens (tertiary/aromatic N) is 1. The molecular formula is C10H10N2O. The molecule has 2 aromatic heterocycles. The predicted octanol–water partition coefficient (Wildman–Crippen LogP) is 1.54. The van der Waals surface area contributed by atoms with E-state index in [1.165, 1.54) is 0 Å². The van der Waals surface area contributed by atoms with Crippen molar-refractivity contribution in [2.24, 2.45) is 0 Å². The van der Waals surface area contributed by atoms with Crippen molar-refractivity contribution in [2.45, 2.75) is 13.8 Å². The van der Waals surface area contributed by atoms with E-state index >= 15 is 0 Å². The Hall–Kier alpha value is -1.64. The van der Waals surface area contributed by atoms with Gasteiger partial charge in [0.05, 0.1) is 5.52 Å². The molecule has 0 aliphatic rings. The van der Waals surface area contributed by atoms with Crippen LogP contribution in [-0.2, 0) is 0 Å². The van der Waals surface area contributed by atoms with Crippen molar-refractivity contribution in [1.82, 2.24) is 9.97 Å². The minimum Gasteiger partial charge on any atom is -0.357 e. The monoisotopic (exact) mass is 174 g/mol. The largest absolute Gasteiger partial charge is 0.357 e. The van der Waals surface area contributed by atoms with E-state index < -0.39 is 0 Å². The fraction of sp³-hybridized carbons (Fsp3) is 0.200.